The molecular weight excluding hydrogens is 358 g/mol. The molecule has 28 heavy (non-hydrogen) atoms. The van der Waals surface area contributed by atoms with E-state index >= 15 is 0 Å². The van der Waals surface area contributed by atoms with Gasteiger partial charge in [-0.3, -0.25) is 9.69 Å². The number of hydrogen-bond acceptors (Lipinski definition) is 7. The maximum Gasteiger partial charge on any atom is 0.231 e. The summed E-state index contributed by atoms with van der Waals surface area (Å²) < 4.78 is 10.5. The number of nitrogens with zero attached hydrogens (tertiary/aromatic N) is 4. The number of anilines is 1. The van der Waals surface area contributed by atoms with E-state index in [4.69, 9.17) is 9.47 Å². The van der Waals surface area contributed by atoms with E-state index in [1.54, 1.807) is 20.3 Å². The number of aromatic nitrogens is 2. The van der Waals surface area contributed by atoms with Gasteiger partial charge in [-0.15, -0.1) is 0 Å². The van der Waals surface area contributed by atoms with Gasteiger partial charge in [0, 0.05) is 31.7 Å². The predicted molar refractivity (Wildman–Crippen MR) is 106 cm³/mol. The van der Waals surface area contributed by atoms with Crippen LogP contribution in [0.1, 0.15) is 38.5 Å². The molecule has 0 aromatic carbocycles. The summed E-state index contributed by atoms with van der Waals surface area (Å²) in [6, 6.07) is 2.67. The zero-order valence-corrected chi connectivity index (χ0v) is 16.9. The zero-order valence-electron chi connectivity index (χ0n) is 16.9. The van der Waals surface area contributed by atoms with E-state index in [2.05, 4.69) is 25.1 Å². The minimum absolute atomic E-state index is 0.151. The standard InChI is InChI=1S/C20H31N5O3/c1-27-17-12-18(28-2)23-20(22-17)24-10-7-16(8-11-24)25-9-3-4-14(13-25)19(26)21-15-5-6-15/h12,14-16H,3-11,13H2,1-2H3,(H,21,26)/t14-/m0/s1. The fourth-order valence-electron chi connectivity index (χ4n) is 4.27. The Labute approximate surface area is 166 Å². The van der Waals surface area contributed by atoms with Crippen LogP contribution in [0.2, 0.25) is 0 Å². The number of rotatable bonds is 6. The number of likely N-dealkylation sites (tertiary alicyclic amines) is 1. The van der Waals surface area contributed by atoms with Crippen molar-refractivity contribution in [1.29, 1.82) is 0 Å². The Balaban J connectivity index is 1.33. The molecule has 154 valence electrons. The van der Waals surface area contributed by atoms with Crippen LogP contribution in [-0.2, 0) is 4.79 Å². The topological polar surface area (TPSA) is 79.8 Å². The fourth-order valence-corrected chi connectivity index (χ4v) is 4.27. The van der Waals surface area contributed by atoms with Crippen LogP contribution in [0.15, 0.2) is 6.07 Å². The van der Waals surface area contributed by atoms with Crippen molar-refractivity contribution < 1.29 is 14.3 Å². The van der Waals surface area contributed by atoms with Crippen LogP contribution in [0.5, 0.6) is 11.8 Å². The number of carbonyl (C=O) groups excluding carboxylic acids is 1. The molecule has 3 aliphatic rings. The minimum atomic E-state index is 0.151. The molecule has 2 aliphatic heterocycles. The van der Waals surface area contributed by atoms with Crippen molar-refractivity contribution in [3.05, 3.63) is 6.07 Å². The van der Waals surface area contributed by atoms with Gasteiger partial charge in [-0.25, -0.2) is 0 Å². The van der Waals surface area contributed by atoms with Crippen molar-refractivity contribution in [3.63, 3.8) is 0 Å². The van der Waals surface area contributed by atoms with Crippen molar-refractivity contribution in [2.24, 2.45) is 5.92 Å². The van der Waals surface area contributed by atoms with Gasteiger partial charge in [0.2, 0.25) is 23.6 Å². The Morgan fingerprint density at radius 2 is 1.71 bits per heavy atom. The monoisotopic (exact) mass is 389 g/mol. The van der Waals surface area contributed by atoms with Crippen molar-refractivity contribution in [1.82, 2.24) is 20.2 Å². The van der Waals surface area contributed by atoms with Gasteiger partial charge in [0.15, 0.2) is 0 Å². The first-order chi connectivity index (χ1) is 13.7. The van der Waals surface area contributed by atoms with Crippen LogP contribution in [0.25, 0.3) is 0 Å². The molecule has 1 aromatic heterocycles. The average Bonchev–Trinajstić information content (AvgIpc) is 3.57. The molecule has 3 fully saturated rings. The number of methoxy groups -OCH3 is 2. The molecule has 2 saturated heterocycles. The second-order valence-electron chi connectivity index (χ2n) is 8.09. The summed E-state index contributed by atoms with van der Waals surface area (Å²) in [5.41, 5.74) is 0. The minimum Gasteiger partial charge on any atom is -0.481 e. The van der Waals surface area contributed by atoms with Crippen molar-refractivity contribution in [2.45, 2.75) is 50.6 Å². The lowest BCUT2D eigenvalue weighted by atomic mass is 9.93. The third-order valence-corrected chi connectivity index (χ3v) is 6.10. The van der Waals surface area contributed by atoms with E-state index in [1.165, 1.54) is 0 Å². The van der Waals surface area contributed by atoms with Gasteiger partial charge in [-0.05, 0) is 45.1 Å². The molecule has 0 spiro atoms. The Hall–Kier alpha value is -2.09. The molecule has 1 amide bonds. The van der Waals surface area contributed by atoms with Crippen LogP contribution in [0.3, 0.4) is 0 Å². The third-order valence-electron chi connectivity index (χ3n) is 6.10. The molecule has 1 aromatic rings. The molecule has 1 N–H and O–H groups in total. The summed E-state index contributed by atoms with van der Waals surface area (Å²) in [6.07, 6.45) is 6.54. The molecule has 8 heteroatoms. The van der Waals surface area contributed by atoms with Crippen LogP contribution in [0.4, 0.5) is 5.95 Å². The van der Waals surface area contributed by atoms with E-state index in [0.717, 1.165) is 64.7 Å². The highest BCUT2D eigenvalue weighted by Crippen LogP contribution is 2.28. The highest BCUT2D eigenvalue weighted by Gasteiger charge is 2.34. The first-order valence-electron chi connectivity index (χ1n) is 10.4. The Morgan fingerprint density at radius 3 is 2.32 bits per heavy atom. The van der Waals surface area contributed by atoms with Gasteiger partial charge in [0.25, 0.3) is 0 Å². The number of carbonyl (C=O) groups is 1. The number of piperidine rings is 2. The molecule has 8 nitrogen and oxygen atoms in total. The second-order valence-corrected chi connectivity index (χ2v) is 8.09. The first kappa shape index (κ1) is 19.2. The molecule has 0 bridgehead atoms. The summed E-state index contributed by atoms with van der Waals surface area (Å²) in [4.78, 5) is 26.1. The van der Waals surface area contributed by atoms with Crippen LogP contribution in [0, 0.1) is 5.92 Å². The quantitative estimate of drug-likeness (QED) is 0.789. The average molecular weight is 390 g/mol. The lowest BCUT2D eigenvalue weighted by Gasteiger charge is -2.42. The lowest BCUT2D eigenvalue weighted by Crippen LogP contribution is -2.51. The summed E-state index contributed by atoms with van der Waals surface area (Å²) in [7, 11) is 3.20. The number of nitrogens with one attached hydrogen (secondary N) is 1. The van der Waals surface area contributed by atoms with Crippen molar-refractivity contribution in [3.8, 4) is 11.8 Å². The molecule has 1 atom stereocenters. The van der Waals surface area contributed by atoms with E-state index < -0.39 is 0 Å². The third kappa shape index (κ3) is 4.48. The molecular formula is C20H31N5O3. The van der Waals surface area contributed by atoms with Gasteiger partial charge >= 0.3 is 0 Å². The van der Waals surface area contributed by atoms with Crippen LogP contribution >= 0.6 is 0 Å². The smallest absolute Gasteiger partial charge is 0.231 e. The first-order valence-corrected chi connectivity index (χ1v) is 10.4. The number of hydrogen-bond donors (Lipinski definition) is 1. The number of amides is 1. The van der Waals surface area contributed by atoms with Gasteiger partial charge in [0.05, 0.1) is 26.2 Å². The summed E-state index contributed by atoms with van der Waals surface area (Å²) in [5, 5.41) is 3.18. The molecule has 3 heterocycles. The van der Waals surface area contributed by atoms with Gasteiger partial charge in [-0.2, -0.15) is 9.97 Å². The summed E-state index contributed by atoms with van der Waals surface area (Å²) in [5.74, 6) is 2.11. The second kappa shape index (κ2) is 8.51. The zero-order chi connectivity index (χ0) is 19.5. The van der Waals surface area contributed by atoms with Crippen molar-refractivity contribution in [2.75, 3.05) is 45.3 Å². The Morgan fingerprint density at radius 1 is 1.04 bits per heavy atom. The van der Waals surface area contributed by atoms with Gasteiger partial charge in [0.1, 0.15) is 0 Å². The SMILES string of the molecule is COc1cc(OC)nc(N2CCC(N3CCC[C@H](C(=O)NC4CC4)C3)CC2)n1. The maximum atomic E-state index is 12.4. The van der Waals surface area contributed by atoms with Gasteiger partial charge in [-0.1, -0.05) is 0 Å². The normalized spacial score (nSPS) is 24.1. The lowest BCUT2D eigenvalue weighted by molar-refractivity contribution is -0.127. The predicted octanol–water partition coefficient (Wildman–Crippen LogP) is 1.45. The fraction of sp³-hybridized carbons (Fsp3) is 0.750. The highest BCUT2D eigenvalue weighted by molar-refractivity contribution is 5.79. The Bertz CT molecular complexity index is 666. The van der Waals surface area contributed by atoms with E-state index in [1.807, 2.05) is 0 Å². The van der Waals surface area contributed by atoms with E-state index in [9.17, 15) is 4.79 Å². The molecule has 1 saturated carbocycles. The molecule has 0 unspecified atom stereocenters. The number of ether oxygens (including phenoxy) is 2. The maximum absolute atomic E-state index is 12.4. The summed E-state index contributed by atoms with van der Waals surface area (Å²) in [6.45, 7) is 3.79. The molecule has 4 rings (SSSR count). The van der Waals surface area contributed by atoms with Crippen LogP contribution < -0.4 is 19.7 Å². The van der Waals surface area contributed by atoms with E-state index in [-0.39, 0.29) is 11.8 Å². The van der Waals surface area contributed by atoms with Crippen molar-refractivity contribution >= 4 is 11.9 Å². The highest BCUT2D eigenvalue weighted by atomic mass is 16.5. The summed E-state index contributed by atoms with van der Waals surface area (Å²) >= 11 is 0. The van der Waals surface area contributed by atoms with Crippen LogP contribution in [-0.4, -0.2) is 73.3 Å². The van der Waals surface area contributed by atoms with E-state index in [0.29, 0.717) is 29.8 Å². The molecule has 1 aliphatic carbocycles. The Kier molecular flexibility index (Phi) is 5.85. The van der Waals surface area contributed by atoms with Gasteiger partial charge < -0.3 is 19.7 Å². The molecule has 0 radical (unpaired) electrons. The largest absolute Gasteiger partial charge is 0.481 e.